The van der Waals surface area contributed by atoms with E-state index in [4.69, 9.17) is 4.74 Å². The normalized spacial score (nSPS) is 11.3. The number of aromatic nitrogens is 1. The lowest BCUT2D eigenvalue weighted by molar-refractivity contribution is -0.387. The van der Waals surface area contributed by atoms with E-state index in [1.54, 1.807) is 26.0 Å². The predicted octanol–water partition coefficient (Wildman–Crippen LogP) is 2.58. The maximum atomic E-state index is 12.4. The third kappa shape index (κ3) is 4.16. The Labute approximate surface area is 133 Å². The number of pyridine rings is 1. The number of sulfonamides is 1. The molecule has 0 saturated heterocycles. The Hall–Kier alpha value is -2.68. The van der Waals surface area contributed by atoms with Crippen LogP contribution in [0.15, 0.2) is 47.5 Å². The molecule has 2 rings (SSSR count). The lowest BCUT2D eigenvalue weighted by Gasteiger charge is -2.11. The summed E-state index contributed by atoms with van der Waals surface area (Å²) < 4.78 is 32.3. The van der Waals surface area contributed by atoms with Crippen molar-refractivity contribution in [1.29, 1.82) is 0 Å². The van der Waals surface area contributed by atoms with Gasteiger partial charge in [-0.15, -0.1) is 0 Å². The highest BCUT2D eigenvalue weighted by Gasteiger charge is 2.27. The zero-order chi connectivity index (χ0) is 17.0. The van der Waals surface area contributed by atoms with Crippen molar-refractivity contribution in [3.63, 3.8) is 0 Å². The van der Waals surface area contributed by atoms with Crippen molar-refractivity contribution in [2.75, 3.05) is 4.72 Å². The Kier molecular flexibility index (Phi) is 4.80. The van der Waals surface area contributed by atoms with Gasteiger partial charge in [-0.05, 0) is 38.1 Å². The molecule has 8 nitrogen and oxygen atoms in total. The summed E-state index contributed by atoms with van der Waals surface area (Å²) in [6.45, 7) is 3.53. The summed E-state index contributed by atoms with van der Waals surface area (Å²) in [6.07, 6.45) is 1.22. The van der Waals surface area contributed by atoms with Crippen LogP contribution in [-0.2, 0) is 10.0 Å². The molecular formula is C14H15N3O5S. The summed E-state index contributed by atoms with van der Waals surface area (Å²) >= 11 is 0. The molecule has 1 heterocycles. The van der Waals surface area contributed by atoms with Gasteiger partial charge in [-0.25, -0.2) is 13.4 Å². The highest BCUT2D eigenvalue weighted by atomic mass is 32.2. The van der Waals surface area contributed by atoms with Crippen molar-refractivity contribution in [2.45, 2.75) is 24.8 Å². The molecule has 0 radical (unpaired) electrons. The van der Waals surface area contributed by atoms with Gasteiger partial charge in [0, 0.05) is 6.20 Å². The number of nitrogens with one attached hydrogen (secondary N) is 1. The van der Waals surface area contributed by atoms with Gasteiger partial charge in [0.1, 0.15) is 11.6 Å². The quantitative estimate of drug-likeness (QED) is 0.640. The molecule has 9 heteroatoms. The number of nitro benzene ring substituents is 1. The van der Waals surface area contributed by atoms with E-state index < -0.39 is 25.5 Å². The Morgan fingerprint density at radius 3 is 2.57 bits per heavy atom. The summed E-state index contributed by atoms with van der Waals surface area (Å²) in [5.74, 6) is 0.299. The summed E-state index contributed by atoms with van der Waals surface area (Å²) in [6, 6.07) is 8.27. The Bertz CT molecular complexity index is 806. The molecule has 0 spiro atoms. The molecule has 1 aromatic carbocycles. The zero-order valence-electron chi connectivity index (χ0n) is 12.5. The van der Waals surface area contributed by atoms with Crippen LogP contribution in [0.25, 0.3) is 0 Å². The van der Waals surface area contributed by atoms with E-state index in [2.05, 4.69) is 9.71 Å². The number of nitro groups is 1. The van der Waals surface area contributed by atoms with Gasteiger partial charge in [0.15, 0.2) is 4.90 Å². The molecule has 0 fully saturated rings. The molecule has 0 unspecified atom stereocenters. The SMILES string of the molecule is CC(C)Oc1ccc(S(=O)(=O)Nc2ccccn2)c([N+](=O)[O-])c1. The van der Waals surface area contributed by atoms with Gasteiger partial charge >= 0.3 is 0 Å². The van der Waals surface area contributed by atoms with Gasteiger partial charge in [-0.3, -0.25) is 14.8 Å². The first-order valence-electron chi connectivity index (χ1n) is 6.68. The maximum absolute atomic E-state index is 12.4. The molecule has 0 bridgehead atoms. The number of hydrogen-bond donors (Lipinski definition) is 1. The van der Waals surface area contributed by atoms with Gasteiger partial charge in [-0.1, -0.05) is 6.07 Å². The zero-order valence-corrected chi connectivity index (χ0v) is 13.3. The standard InChI is InChI=1S/C14H15N3O5S/c1-10(2)22-11-6-7-13(12(9-11)17(18)19)23(20,21)16-14-5-3-4-8-15-14/h3-10H,1-2H3,(H,15,16). The second-order valence-electron chi connectivity index (χ2n) is 4.87. The average molecular weight is 337 g/mol. The third-order valence-corrected chi connectivity index (χ3v) is 4.09. The van der Waals surface area contributed by atoms with Gasteiger partial charge in [0.2, 0.25) is 0 Å². The van der Waals surface area contributed by atoms with Gasteiger partial charge < -0.3 is 4.74 Å². The van der Waals surface area contributed by atoms with Crippen LogP contribution in [-0.4, -0.2) is 24.4 Å². The molecule has 0 saturated carbocycles. The fraction of sp³-hybridized carbons (Fsp3) is 0.214. The van der Waals surface area contributed by atoms with E-state index in [0.29, 0.717) is 0 Å². The van der Waals surface area contributed by atoms with Crippen LogP contribution in [0.2, 0.25) is 0 Å². The van der Waals surface area contributed by atoms with E-state index in [-0.39, 0.29) is 17.7 Å². The van der Waals surface area contributed by atoms with E-state index in [0.717, 1.165) is 12.1 Å². The summed E-state index contributed by atoms with van der Waals surface area (Å²) in [5, 5.41) is 11.2. The molecule has 1 aromatic heterocycles. The number of benzene rings is 1. The average Bonchev–Trinajstić information content (AvgIpc) is 2.46. The first-order chi connectivity index (χ1) is 10.8. The van der Waals surface area contributed by atoms with E-state index >= 15 is 0 Å². The van der Waals surface area contributed by atoms with Crippen molar-refractivity contribution in [2.24, 2.45) is 0 Å². The molecule has 0 aliphatic rings. The van der Waals surface area contributed by atoms with Crippen molar-refractivity contribution in [1.82, 2.24) is 4.98 Å². The smallest absolute Gasteiger partial charge is 0.293 e. The van der Waals surface area contributed by atoms with Crippen LogP contribution >= 0.6 is 0 Å². The molecule has 0 atom stereocenters. The van der Waals surface area contributed by atoms with Crippen LogP contribution in [0.1, 0.15) is 13.8 Å². The minimum Gasteiger partial charge on any atom is -0.491 e. The van der Waals surface area contributed by atoms with E-state index in [1.807, 2.05) is 0 Å². The topological polar surface area (TPSA) is 111 Å². The lowest BCUT2D eigenvalue weighted by Crippen LogP contribution is -2.16. The minimum atomic E-state index is -4.14. The number of anilines is 1. The molecule has 0 amide bonds. The number of nitrogens with zero attached hydrogens (tertiary/aromatic N) is 2. The third-order valence-electron chi connectivity index (χ3n) is 2.69. The monoisotopic (exact) mass is 337 g/mol. The Morgan fingerprint density at radius 1 is 1.26 bits per heavy atom. The second kappa shape index (κ2) is 6.61. The largest absolute Gasteiger partial charge is 0.491 e. The van der Waals surface area contributed by atoms with E-state index in [9.17, 15) is 18.5 Å². The first-order valence-corrected chi connectivity index (χ1v) is 8.17. The molecule has 0 aliphatic carbocycles. The molecule has 0 aliphatic heterocycles. The highest BCUT2D eigenvalue weighted by Crippen LogP contribution is 2.30. The molecular weight excluding hydrogens is 322 g/mol. The number of rotatable bonds is 6. The Morgan fingerprint density at radius 2 is 2.00 bits per heavy atom. The number of hydrogen-bond acceptors (Lipinski definition) is 6. The van der Waals surface area contributed by atoms with E-state index in [1.165, 1.54) is 18.3 Å². The van der Waals surface area contributed by atoms with Crippen LogP contribution < -0.4 is 9.46 Å². The molecule has 122 valence electrons. The van der Waals surface area contributed by atoms with Crippen LogP contribution in [0.4, 0.5) is 11.5 Å². The Balaban J connectivity index is 2.43. The summed E-state index contributed by atoms with van der Waals surface area (Å²) in [7, 11) is -4.14. The van der Waals surface area contributed by atoms with Gasteiger partial charge in [0.05, 0.1) is 17.1 Å². The fourth-order valence-corrected chi connectivity index (χ4v) is 2.99. The number of ether oxygens (including phenoxy) is 1. The minimum absolute atomic E-state index is 0.0734. The lowest BCUT2D eigenvalue weighted by atomic mass is 10.3. The fourth-order valence-electron chi connectivity index (χ4n) is 1.83. The predicted molar refractivity (Wildman–Crippen MR) is 83.9 cm³/mol. The molecule has 23 heavy (non-hydrogen) atoms. The van der Waals surface area contributed by atoms with Crippen LogP contribution in [0.5, 0.6) is 5.75 Å². The molecule has 1 N–H and O–H groups in total. The first kappa shape index (κ1) is 16.7. The van der Waals surface area contributed by atoms with Gasteiger partial charge in [-0.2, -0.15) is 0 Å². The second-order valence-corrected chi connectivity index (χ2v) is 6.52. The molecule has 2 aromatic rings. The van der Waals surface area contributed by atoms with Crippen molar-refractivity contribution in [3.05, 3.63) is 52.7 Å². The maximum Gasteiger partial charge on any atom is 0.293 e. The van der Waals surface area contributed by atoms with Crippen molar-refractivity contribution < 1.29 is 18.1 Å². The summed E-state index contributed by atoms with van der Waals surface area (Å²) in [4.78, 5) is 13.8. The van der Waals surface area contributed by atoms with Crippen LogP contribution in [0, 0.1) is 10.1 Å². The van der Waals surface area contributed by atoms with Gasteiger partial charge in [0.25, 0.3) is 15.7 Å². The summed E-state index contributed by atoms with van der Waals surface area (Å²) in [5.41, 5.74) is -0.563. The van der Waals surface area contributed by atoms with Crippen LogP contribution in [0.3, 0.4) is 0 Å². The highest BCUT2D eigenvalue weighted by molar-refractivity contribution is 7.92. The van der Waals surface area contributed by atoms with Crippen molar-refractivity contribution >= 4 is 21.5 Å². The van der Waals surface area contributed by atoms with Crippen molar-refractivity contribution in [3.8, 4) is 5.75 Å².